The van der Waals surface area contributed by atoms with Crippen molar-refractivity contribution in [3.8, 4) is 12.3 Å². The van der Waals surface area contributed by atoms with Gasteiger partial charge in [0.1, 0.15) is 0 Å². The summed E-state index contributed by atoms with van der Waals surface area (Å²) in [5, 5.41) is 11.7. The average molecular weight is 394 g/mol. The molecule has 1 N–H and O–H groups in total. The van der Waals surface area contributed by atoms with Crippen molar-refractivity contribution in [2.24, 2.45) is 0 Å². The molecule has 4 nitrogen and oxygen atoms in total. The molecule has 1 unspecified atom stereocenters. The van der Waals surface area contributed by atoms with Gasteiger partial charge in [0, 0.05) is 33.6 Å². The lowest BCUT2D eigenvalue weighted by Crippen LogP contribution is -2.11. The maximum absolute atomic E-state index is 13.0. The summed E-state index contributed by atoms with van der Waals surface area (Å²) in [6, 6.07) is 10.7. The smallest absolute Gasteiger partial charge is 0.268 e. The topological polar surface area (TPSA) is 59.3 Å². The molecule has 25 heavy (non-hydrogen) atoms. The second-order valence-corrected chi connectivity index (χ2v) is 8.11. The van der Waals surface area contributed by atoms with Crippen molar-refractivity contribution in [3.63, 3.8) is 0 Å². The molecule has 128 valence electrons. The van der Waals surface area contributed by atoms with Crippen molar-refractivity contribution < 1.29 is 13.5 Å². The van der Waals surface area contributed by atoms with Gasteiger partial charge >= 0.3 is 0 Å². The van der Waals surface area contributed by atoms with Crippen LogP contribution in [0.5, 0.6) is 0 Å². The highest BCUT2D eigenvalue weighted by Gasteiger charge is 2.23. The number of nitrogens with zero attached hydrogens (tertiary/aromatic N) is 1. The van der Waals surface area contributed by atoms with E-state index in [0.717, 1.165) is 3.97 Å². The van der Waals surface area contributed by atoms with Gasteiger partial charge in [0.05, 0.1) is 16.5 Å². The first-order chi connectivity index (χ1) is 11.8. The number of terminal acetylenes is 1. The maximum atomic E-state index is 13.0. The predicted molar refractivity (Wildman–Crippen MR) is 99.4 cm³/mol. The Kier molecular flexibility index (Phi) is 4.81. The third-order valence-corrected chi connectivity index (χ3v) is 5.98. The molecule has 2 aromatic carbocycles. The van der Waals surface area contributed by atoms with Crippen LogP contribution in [0.3, 0.4) is 0 Å². The molecule has 0 aliphatic rings. The first-order valence-corrected chi connectivity index (χ1v) is 9.47. The van der Waals surface area contributed by atoms with Gasteiger partial charge in [0.2, 0.25) is 0 Å². The Morgan fingerprint density at radius 1 is 1.12 bits per heavy atom. The maximum Gasteiger partial charge on any atom is 0.268 e. The minimum absolute atomic E-state index is 0.0621. The molecule has 1 heterocycles. The van der Waals surface area contributed by atoms with Crippen molar-refractivity contribution in [1.82, 2.24) is 3.97 Å². The summed E-state index contributed by atoms with van der Waals surface area (Å²) in [6.07, 6.45) is 5.72. The van der Waals surface area contributed by atoms with Gasteiger partial charge in [-0.15, -0.1) is 12.3 Å². The van der Waals surface area contributed by atoms with E-state index < -0.39 is 16.1 Å². The molecule has 0 saturated heterocycles. The van der Waals surface area contributed by atoms with Crippen LogP contribution in [0, 0.1) is 12.3 Å². The zero-order chi connectivity index (χ0) is 18.2. The van der Waals surface area contributed by atoms with Gasteiger partial charge < -0.3 is 5.11 Å². The van der Waals surface area contributed by atoms with Crippen LogP contribution in [-0.4, -0.2) is 17.5 Å². The second-order valence-electron chi connectivity index (χ2n) is 5.42. The van der Waals surface area contributed by atoms with E-state index in [2.05, 4.69) is 5.92 Å². The van der Waals surface area contributed by atoms with Gasteiger partial charge in [0.15, 0.2) is 0 Å². The van der Waals surface area contributed by atoms with Crippen LogP contribution >= 0.6 is 23.2 Å². The number of hydrogen-bond acceptors (Lipinski definition) is 3. The monoisotopic (exact) mass is 393 g/mol. The third-order valence-electron chi connectivity index (χ3n) is 3.80. The first-order valence-electron chi connectivity index (χ1n) is 7.28. The van der Waals surface area contributed by atoms with Crippen molar-refractivity contribution in [3.05, 3.63) is 64.3 Å². The Hall–Kier alpha value is -1.97. The number of hydrogen-bond donors (Lipinski definition) is 1. The highest BCUT2D eigenvalue weighted by molar-refractivity contribution is 7.90. The molecule has 3 rings (SSSR count). The lowest BCUT2D eigenvalue weighted by molar-refractivity contribution is 0.185. The lowest BCUT2D eigenvalue weighted by atomic mass is 10.1. The van der Waals surface area contributed by atoms with Crippen LogP contribution < -0.4 is 0 Å². The summed E-state index contributed by atoms with van der Waals surface area (Å²) in [4.78, 5) is 0.0849. The number of aliphatic hydroxyl groups excluding tert-OH is 1. The quantitative estimate of drug-likeness (QED) is 0.674. The van der Waals surface area contributed by atoms with Gasteiger partial charge in [0.25, 0.3) is 10.0 Å². The number of rotatable bonds is 4. The molecule has 0 saturated carbocycles. The fourth-order valence-corrected chi connectivity index (χ4v) is 4.28. The Bertz CT molecular complexity index is 1080. The van der Waals surface area contributed by atoms with Gasteiger partial charge in [-0.3, -0.25) is 0 Å². The Morgan fingerprint density at radius 3 is 2.40 bits per heavy atom. The fraction of sp³-hybridized carbons (Fsp3) is 0.111. The van der Waals surface area contributed by atoms with E-state index >= 15 is 0 Å². The van der Waals surface area contributed by atoms with Crippen LogP contribution in [0.25, 0.3) is 10.9 Å². The molecule has 1 aromatic heterocycles. The summed E-state index contributed by atoms with van der Waals surface area (Å²) in [7, 11) is -3.87. The van der Waals surface area contributed by atoms with Crippen LogP contribution in [0.2, 0.25) is 10.0 Å². The molecule has 0 amide bonds. The first kappa shape index (κ1) is 17.8. The standard InChI is InChI=1S/C18H13Cl2NO3S/c1-2-3-18(22)16-11-21(17-9-6-13(20)10-15(16)17)25(23,24)14-7-4-12(19)5-8-14/h1,4-11,18,22H,3H2. The SMILES string of the molecule is C#CCC(O)c1cn(S(=O)(=O)c2ccc(Cl)cc2)c2ccc(Cl)cc12. The molecule has 0 fully saturated rings. The Labute approximate surface area is 155 Å². The van der Waals surface area contributed by atoms with E-state index in [1.807, 2.05) is 0 Å². The summed E-state index contributed by atoms with van der Waals surface area (Å²) in [5.41, 5.74) is 0.818. The highest BCUT2D eigenvalue weighted by atomic mass is 35.5. The number of aliphatic hydroxyl groups is 1. The third kappa shape index (κ3) is 3.26. The van der Waals surface area contributed by atoms with E-state index in [1.165, 1.54) is 30.5 Å². The van der Waals surface area contributed by atoms with Crippen LogP contribution in [0.1, 0.15) is 18.1 Å². The average Bonchev–Trinajstić information content (AvgIpc) is 2.95. The molecule has 0 spiro atoms. The minimum Gasteiger partial charge on any atom is -0.387 e. The van der Waals surface area contributed by atoms with E-state index in [4.69, 9.17) is 29.6 Å². The summed E-state index contributed by atoms with van der Waals surface area (Å²) >= 11 is 11.9. The Morgan fingerprint density at radius 2 is 1.76 bits per heavy atom. The van der Waals surface area contributed by atoms with Crippen molar-refractivity contribution in [1.29, 1.82) is 0 Å². The van der Waals surface area contributed by atoms with E-state index in [0.29, 0.717) is 26.5 Å². The molecule has 0 radical (unpaired) electrons. The normalized spacial score (nSPS) is 12.9. The van der Waals surface area contributed by atoms with Gasteiger partial charge in [-0.1, -0.05) is 23.2 Å². The molecule has 7 heteroatoms. The number of fused-ring (bicyclic) bond motifs is 1. The molecule has 0 aliphatic carbocycles. The minimum atomic E-state index is -3.87. The highest BCUT2D eigenvalue weighted by Crippen LogP contribution is 2.33. The van der Waals surface area contributed by atoms with Gasteiger partial charge in [-0.2, -0.15) is 0 Å². The second kappa shape index (κ2) is 6.74. The van der Waals surface area contributed by atoms with E-state index in [9.17, 15) is 13.5 Å². The van der Waals surface area contributed by atoms with Crippen molar-refractivity contribution in [2.45, 2.75) is 17.4 Å². The Balaban J connectivity index is 2.26. The number of benzene rings is 2. The zero-order valence-corrected chi connectivity index (χ0v) is 15.2. The largest absolute Gasteiger partial charge is 0.387 e. The summed E-state index contributed by atoms with van der Waals surface area (Å²) in [6.45, 7) is 0. The molecular formula is C18H13Cl2NO3S. The van der Waals surface area contributed by atoms with Gasteiger partial charge in [-0.25, -0.2) is 12.4 Å². The summed E-state index contributed by atoms with van der Waals surface area (Å²) in [5.74, 6) is 2.37. The predicted octanol–water partition coefficient (Wildman–Crippen LogP) is 4.24. The number of halogens is 2. The lowest BCUT2D eigenvalue weighted by Gasteiger charge is -2.07. The molecule has 1 atom stereocenters. The van der Waals surface area contributed by atoms with E-state index in [1.54, 1.807) is 18.2 Å². The van der Waals surface area contributed by atoms with Crippen LogP contribution in [0.4, 0.5) is 0 Å². The molecule has 0 aliphatic heterocycles. The van der Waals surface area contributed by atoms with Crippen LogP contribution in [-0.2, 0) is 10.0 Å². The van der Waals surface area contributed by atoms with Crippen molar-refractivity contribution in [2.75, 3.05) is 0 Å². The summed E-state index contributed by atoms with van der Waals surface area (Å²) < 4.78 is 27.1. The number of aromatic nitrogens is 1. The fourth-order valence-electron chi connectivity index (χ4n) is 2.60. The molecule has 0 bridgehead atoms. The molecular weight excluding hydrogens is 381 g/mol. The zero-order valence-electron chi connectivity index (χ0n) is 12.9. The van der Waals surface area contributed by atoms with Crippen LogP contribution in [0.15, 0.2) is 53.6 Å². The van der Waals surface area contributed by atoms with Gasteiger partial charge in [-0.05, 0) is 42.5 Å². The van der Waals surface area contributed by atoms with Crippen molar-refractivity contribution >= 4 is 44.1 Å². The molecule has 3 aromatic rings. The van der Waals surface area contributed by atoms with E-state index in [-0.39, 0.29) is 11.3 Å².